The van der Waals surface area contributed by atoms with Crippen LogP contribution in [-0.2, 0) is 0 Å². The number of fused-ring (bicyclic) bond motifs is 39. The zero-order valence-electron chi connectivity index (χ0n) is 74.6. The van der Waals surface area contributed by atoms with Crippen LogP contribution in [0.15, 0.2) is 467 Å². The van der Waals surface area contributed by atoms with Crippen LogP contribution in [0.2, 0.25) is 0 Å². The minimum Gasteiger partial charge on any atom is -0.456 e. The Hall–Kier alpha value is -19.0. The third-order valence-electron chi connectivity index (χ3n) is 28.4. The van der Waals surface area contributed by atoms with Gasteiger partial charge in [-0.3, -0.25) is 0 Å². The summed E-state index contributed by atoms with van der Waals surface area (Å²) in [7, 11) is 0. The smallest absolute Gasteiger partial charge is 0.159 e. The first-order valence-electron chi connectivity index (χ1n) is 47.0. The van der Waals surface area contributed by atoms with Crippen LogP contribution in [0.25, 0.3) is 261 Å². The lowest BCUT2D eigenvalue weighted by Gasteiger charge is -2.26. The SMILES string of the molecule is c1ccc2c(c1)oc1c(N(c3cccc4c3oc3ccccc34)c3cccc4oc5ccc6c7ccccc7oc6c5c34)cccc12.c1ccc2c(c1)oc1c(N(c3cccc4c3sc3ccccc34)c3cccc4oc5ccc6c7ccccc7oc6c5c34)cccc12.c1ccc2c(c1)oc1cc(N(c3ccc4c(c3)oc3ccccc34)c3cccc4oc5ccc6c7ccccc7oc6c5c34)ccc12. The zero-order chi connectivity index (χ0) is 91.9. The molecule has 33 aromatic rings. The second-order valence-corrected chi connectivity index (χ2v) is 37.1. The third kappa shape index (κ3) is 11.4. The predicted octanol–water partition coefficient (Wildman–Crippen LogP) is 38.7. The summed E-state index contributed by atoms with van der Waals surface area (Å²) in [6.45, 7) is 0. The molecule has 0 fully saturated rings. The third-order valence-corrected chi connectivity index (χ3v) is 29.6. The summed E-state index contributed by atoms with van der Waals surface area (Å²) < 4.78 is 74.6. The molecule has 0 spiro atoms. The van der Waals surface area contributed by atoms with Gasteiger partial charge in [0.1, 0.15) is 106 Å². The lowest BCUT2D eigenvalue weighted by molar-refractivity contribution is 0.662. The van der Waals surface area contributed by atoms with Crippen LogP contribution in [0, 0.1) is 0 Å². The molecular weight excluding hydrogens is 1760 g/mol. The van der Waals surface area contributed by atoms with Gasteiger partial charge in [-0.15, -0.1) is 11.3 Å². The Morgan fingerprint density at radius 3 is 0.723 bits per heavy atom. The molecule has 12 aromatic heterocycles. The second-order valence-electron chi connectivity index (χ2n) is 36.1. The van der Waals surface area contributed by atoms with Gasteiger partial charge in [0.05, 0.1) is 76.8 Å². The minimum atomic E-state index is 0.767. The lowest BCUT2D eigenvalue weighted by atomic mass is 10.0. The molecule has 33 rings (SSSR count). The molecule has 12 heterocycles. The topological polar surface area (TPSA) is 154 Å². The highest BCUT2D eigenvalue weighted by atomic mass is 32.1. The second kappa shape index (κ2) is 29.8. The zero-order valence-corrected chi connectivity index (χ0v) is 75.4. The molecule has 14 nitrogen and oxygen atoms in total. The van der Waals surface area contributed by atoms with Crippen molar-refractivity contribution in [1.82, 2.24) is 0 Å². The number of rotatable bonds is 9. The maximum absolute atomic E-state index is 6.69. The first-order chi connectivity index (χ1) is 69.9. The molecule has 15 heteroatoms. The molecule has 0 bridgehead atoms. The van der Waals surface area contributed by atoms with Crippen molar-refractivity contribution in [1.29, 1.82) is 0 Å². The molecule has 0 saturated carbocycles. The van der Waals surface area contributed by atoms with Gasteiger partial charge in [-0.25, -0.2) is 0 Å². The summed E-state index contributed by atoms with van der Waals surface area (Å²) >= 11 is 1.82. The van der Waals surface area contributed by atoms with Crippen LogP contribution in [-0.4, -0.2) is 0 Å². The summed E-state index contributed by atoms with van der Waals surface area (Å²) in [5.41, 5.74) is 26.6. The summed E-state index contributed by atoms with van der Waals surface area (Å²) in [6.07, 6.45) is 0. The Kier molecular flexibility index (Phi) is 16.3. The van der Waals surface area contributed by atoms with E-state index in [1.165, 1.54) is 20.2 Å². The lowest BCUT2D eigenvalue weighted by Crippen LogP contribution is -2.11. The van der Waals surface area contributed by atoms with Crippen molar-refractivity contribution in [3.05, 3.63) is 419 Å². The quantitative estimate of drug-likeness (QED) is 0.135. The Bertz CT molecular complexity index is 10400. The fourth-order valence-electron chi connectivity index (χ4n) is 22.3. The minimum absolute atomic E-state index is 0.767. The number of anilines is 9. The molecular formula is C126H69N3O11S. The predicted molar refractivity (Wildman–Crippen MR) is 576 cm³/mol. The van der Waals surface area contributed by atoms with Crippen LogP contribution in [0.5, 0.6) is 0 Å². The molecule has 0 amide bonds. The maximum atomic E-state index is 6.69. The van der Waals surface area contributed by atoms with Crippen molar-refractivity contribution in [2.24, 2.45) is 0 Å². The largest absolute Gasteiger partial charge is 0.456 e. The van der Waals surface area contributed by atoms with Crippen LogP contribution in [0.1, 0.15) is 0 Å². The summed E-state index contributed by atoms with van der Waals surface area (Å²) in [6, 6.07) is 144. The van der Waals surface area contributed by atoms with Crippen molar-refractivity contribution in [2.75, 3.05) is 14.7 Å². The van der Waals surface area contributed by atoms with Gasteiger partial charge in [-0.05, 0) is 176 Å². The van der Waals surface area contributed by atoms with E-state index >= 15 is 0 Å². The Morgan fingerprint density at radius 1 is 0.135 bits per heavy atom. The standard InChI is InChI=1S/2C42H23NO4.C42H23NO3S/c1-4-18-33-24(10-1)27-13-7-16-31(40(27)45-33)43(32-17-8-14-28-25-11-2-5-19-34(25)46-41(28)32)30-15-9-21-36-38(30)39-37(44-36)23-22-29-26-12-3-6-20-35(26)47-42(29)39;1-4-12-33-26(8-1)29-18-16-24(22-38(29)44-33)43(25-17-19-30-27-9-2-5-13-34(27)45-39(30)23-25)32-11-7-15-36-40(32)41-37(46-36)21-20-31-28-10-3-6-14-35(28)47-42(31)41;1-4-18-33-24(10-1)27-13-7-16-31(40(27)45-33)43(32-17-8-14-29-26-12-3-6-21-37(26)47-42(29)32)30-15-9-20-35-38(30)39-36(44-35)23-22-28-25-11-2-5-19-34(25)46-41(28)39/h3*1-23H. The van der Waals surface area contributed by atoms with Gasteiger partial charge in [-0.1, -0.05) is 231 Å². The van der Waals surface area contributed by atoms with Gasteiger partial charge in [0.25, 0.3) is 0 Å². The molecule has 0 saturated heterocycles. The van der Waals surface area contributed by atoms with E-state index in [2.05, 4.69) is 263 Å². The van der Waals surface area contributed by atoms with Gasteiger partial charge in [0.2, 0.25) is 0 Å². The van der Waals surface area contributed by atoms with Gasteiger partial charge in [-0.2, -0.15) is 0 Å². The van der Waals surface area contributed by atoms with Crippen molar-refractivity contribution < 1.29 is 48.6 Å². The van der Waals surface area contributed by atoms with Gasteiger partial charge >= 0.3 is 0 Å². The Balaban J connectivity index is 0.0000000972. The van der Waals surface area contributed by atoms with E-state index in [0.717, 1.165) is 293 Å². The number of thiophene rings is 1. The molecule has 0 unspecified atom stereocenters. The van der Waals surface area contributed by atoms with E-state index in [1.54, 1.807) is 0 Å². The first kappa shape index (κ1) is 77.3. The molecule has 0 atom stereocenters. The molecule has 660 valence electrons. The van der Waals surface area contributed by atoms with Crippen molar-refractivity contribution in [2.45, 2.75) is 0 Å². The van der Waals surface area contributed by atoms with E-state index in [0.29, 0.717) is 0 Å². The molecule has 141 heavy (non-hydrogen) atoms. The number of benzene rings is 21. The molecule has 0 N–H and O–H groups in total. The number of nitrogens with zero attached hydrogens (tertiary/aromatic N) is 3. The number of para-hydroxylation sites is 11. The average molecular weight is 1830 g/mol. The fraction of sp³-hybridized carbons (Fsp3) is 0. The highest BCUT2D eigenvalue weighted by Gasteiger charge is 2.33. The molecule has 21 aromatic carbocycles. The Labute approximate surface area is 800 Å². The van der Waals surface area contributed by atoms with Crippen LogP contribution in [0.4, 0.5) is 51.2 Å². The first-order valence-corrected chi connectivity index (χ1v) is 47.8. The molecule has 0 aliphatic rings. The average Bonchev–Trinajstić information content (AvgIpc) is 1.56. The van der Waals surface area contributed by atoms with Crippen LogP contribution >= 0.6 is 11.3 Å². The number of hydrogen-bond acceptors (Lipinski definition) is 15. The Morgan fingerprint density at radius 2 is 0.362 bits per heavy atom. The maximum Gasteiger partial charge on any atom is 0.159 e. The number of furan rings is 11. The molecule has 0 aliphatic carbocycles. The fourth-order valence-corrected chi connectivity index (χ4v) is 23.5. The van der Waals surface area contributed by atoms with Crippen molar-refractivity contribution >= 4 is 324 Å². The highest BCUT2D eigenvalue weighted by molar-refractivity contribution is 7.26. The summed E-state index contributed by atoms with van der Waals surface area (Å²) in [5, 5.41) is 25.5. The normalized spacial score (nSPS) is 12.3. The van der Waals surface area contributed by atoms with E-state index in [-0.39, 0.29) is 0 Å². The highest BCUT2D eigenvalue weighted by Crippen LogP contribution is 2.57. The van der Waals surface area contributed by atoms with Gasteiger partial charge < -0.3 is 63.3 Å². The van der Waals surface area contributed by atoms with E-state index in [9.17, 15) is 0 Å². The molecule has 0 aliphatic heterocycles. The van der Waals surface area contributed by atoms with Crippen LogP contribution < -0.4 is 14.7 Å². The summed E-state index contributed by atoms with van der Waals surface area (Å²) in [5.74, 6) is 0. The number of hydrogen-bond donors (Lipinski definition) is 0. The molecule has 0 radical (unpaired) electrons. The van der Waals surface area contributed by atoms with Gasteiger partial charge in [0, 0.05) is 125 Å². The summed E-state index contributed by atoms with van der Waals surface area (Å²) in [4.78, 5) is 6.88. The van der Waals surface area contributed by atoms with Gasteiger partial charge in [0.15, 0.2) is 16.7 Å². The van der Waals surface area contributed by atoms with Crippen molar-refractivity contribution in [3.8, 4) is 0 Å². The van der Waals surface area contributed by atoms with E-state index in [1.807, 2.05) is 181 Å². The van der Waals surface area contributed by atoms with E-state index in [4.69, 9.17) is 48.6 Å². The van der Waals surface area contributed by atoms with E-state index < -0.39 is 0 Å². The van der Waals surface area contributed by atoms with Crippen LogP contribution in [0.3, 0.4) is 0 Å². The van der Waals surface area contributed by atoms with Crippen molar-refractivity contribution in [3.63, 3.8) is 0 Å². The monoisotopic (exact) mass is 1830 g/mol.